The molecule has 0 spiro atoms. The summed E-state index contributed by atoms with van der Waals surface area (Å²) in [6, 6.07) is 1.54. The molecule has 0 aliphatic heterocycles. The number of ether oxygens (including phenoxy) is 1. The average molecular weight is 284 g/mol. The van der Waals surface area contributed by atoms with Crippen LogP contribution in [0.5, 0.6) is 0 Å². The van der Waals surface area contributed by atoms with E-state index in [0.29, 0.717) is 32.6 Å². The predicted octanol–water partition coefficient (Wildman–Crippen LogP) is -0.583. The zero-order valence-electron chi connectivity index (χ0n) is 12.2. The van der Waals surface area contributed by atoms with Gasteiger partial charge in [0.2, 0.25) is 0 Å². The molecule has 1 heterocycles. The first-order valence-corrected chi connectivity index (χ1v) is 6.72. The largest absolute Gasteiger partial charge is 0.394 e. The maximum absolute atomic E-state index is 10.6. The highest BCUT2D eigenvalue weighted by Gasteiger charge is 2.11. The first-order valence-electron chi connectivity index (χ1n) is 6.72. The zero-order chi connectivity index (χ0) is 15.0. The van der Waals surface area contributed by atoms with Gasteiger partial charge in [0.05, 0.1) is 31.6 Å². The summed E-state index contributed by atoms with van der Waals surface area (Å²) in [6.07, 6.45) is 2.00. The molecule has 0 aromatic carbocycles. The number of hydrogen-bond donors (Lipinski definition) is 2. The second-order valence-corrected chi connectivity index (χ2v) is 4.79. The number of aliphatic hydroxyl groups is 1. The van der Waals surface area contributed by atoms with Crippen LogP contribution in [-0.4, -0.2) is 61.1 Å². The second kappa shape index (κ2) is 8.68. The van der Waals surface area contributed by atoms with Crippen LogP contribution in [0.15, 0.2) is 6.07 Å². The van der Waals surface area contributed by atoms with E-state index in [4.69, 9.17) is 15.6 Å². The van der Waals surface area contributed by atoms with Crippen molar-refractivity contribution >= 4 is 12.1 Å². The molecule has 1 atom stereocenters. The zero-order valence-corrected chi connectivity index (χ0v) is 12.2. The lowest BCUT2D eigenvalue weighted by Gasteiger charge is -2.14. The number of hydrogen-bond acceptors (Lipinski definition) is 6. The molecule has 1 rings (SSSR count). The maximum atomic E-state index is 10.6. The van der Waals surface area contributed by atoms with E-state index >= 15 is 0 Å². The Hall–Kier alpha value is -1.44. The van der Waals surface area contributed by atoms with Gasteiger partial charge in [-0.05, 0) is 6.42 Å². The molecule has 0 radical (unpaired) electrons. The third kappa shape index (κ3) is 5.28. The van der Waals surface area contributed by atoms with Crippen LogP contribution in [-0.2, 0) is 22.5 Å². The van der Waals surface area contributed by atoms with Crippen LogP contribution in [0.1, 0.15) is 12.1 Å². The van der Waals surface area contributed by atoms with Gasteiger partial charge < -0.3 is 25.3 Å². The molecule has 7 nitrogen and oxygen atoms in total. The van der Waals surface area contributed by atoms with Crippen molar-refractivity contribution < 1.29 is 14.6 Å². The number of carbonyl (C=O) groups is 1. The lowest BCUT2D eigenvalue weighted by atomic mass is 10.2. The summed E-state index contributed by atoms with van der Waals surface area (Å²) in [6.45, 7) is 1.50. The molecule has 0 bridgehead atoms. The molecule has 1 aromatic heterocycles. The van der Waals surface area contributed by atoms with Crippen molar-refractivity contribution in [3.05, 3.63) is 11.8 Å². The fourth-order valence-corrected chi connectivity index (χ4v) is 1.79. The summed E-state index contributed by atoms with van der Waals surface area (Å²) in [5, 5.41) is 13.1. The minimum Gasteiger partial charge on any atom is -0.394 e. The summed E-state index contributed by atoms with van der Waals surface area (Å²) in [5.74, 6) is 0.972. The molecule has 0 saturated carbocycles. The van der Waals surface area contributed by atoms with Crippen LogP contribution in [0.2, 0.25) is 0 Å². The Morgan fingerprint density at radius 3 is 2.90 bits per heavy atom. The van der Waals surface area contributed by atoms with Crippen LogP contribution < -0.4 is 10.6 Å². The summed E-state index contributed by atoms with van der Waals surface area (Å²) in [4.78, 5) is 12.5. The number of aliphatic hydroxyl groups excluding tert-OH is 1. The topological polar surface area (TPSA) is 93.6 Å². The molecular weight excluding hydrogens is 260 g/mol. The smallest absolute Gasteiger partial charge is 0.136 e. The maximum Gasteiger partial charge on any atom is 0.136 e. The van der Waals surface area contributed by atoms with Gasteiger partial charge in [-0.2, -0.15) is 5.10 Å². The monoisotopic (exact) mass is 284 g/mol. The predicted molar refractivity (Wildman–Crippen MR) is 76.8 cm³/mol. The van der Waals surface area contributed by atoms with E-state index in [1.54, 1.807) is 0 Å². The Labute approximate surface area is 119 Å². The van der Waals surface area contributed by atoms with E-state index in [0.717, 1.165) is 17.8 Å². The lowest BCUT2D eigenvalue weighted by molar-refractivity contribution is -0.109. The van der Waals surface area contributed by atoms with Crippen molar-refractivity contribution in [2.45, 2.75) is 25.4 Å². The van der Waals surface area contributed by atoms with Crippen molar-refractivity contribution in [1.29, 1.82) is 0 Å². The van der Waals surface area contributed by atoms with Gasteiger partial charge in [-0.25, -0.2) is 4.68 Å². The summed E-state index contributed by atoms with van der Waals surface area (Å²) in [5.41, 5.74) is 6.52. The Bertz CT molecular complexity index is 406. The van der Waals surface area contributed by atoms with Crippen LogP contribution in [0.25, 0.3) is 0 Å². The van der Waals surface area contributed by atoms with Gasteiger partial charge >= 0.3 is 0 Å². The van der Waals surface area contributed by atoms with E-state index in [-0.39, 0.29) is 6.61 Å². The molecule has 0 aliphatic rings. The van der Waals surface area contributed by atoms with E-state index in [2.05, 4.69) is 5.10 Å². The molecule has 0 aliphatic carbocycles. The van der Waals surface area contributed by atoms with Crippen LogP contribution in [0, 0.1) is 0 Å². The van der Waals surface area contributed by atoms with E-state index in [9.17, 15) is 4.79 Å². The minimum absolute atomic E-state index is 0.0287. The lowest BCUT2D eigenvalue weighted by Crippen LogP contribution is -2.24. The third-order valence-corrected chi connectivity index (χ3v) is 2.85. The number of nitrogens with two attached hydrogens (primary N) is 1. The van der Waals surface area contributed by atoms with Crippen LogP contribution >= 0.6 is 0 Å². The van der Waals surface area contributed by atoms with Crippen LogP contribution in [0.3, 0.4) is 0 Å². The third-order valence-electron chi connectivity index (χ3n) is 2.85. The van der Waals surface area contributed by atoms with Gasteiger partial charge in [-0.15, -0.1) is 0 Å². The Morgan fingerprint density at radius 2 is 2.30 bits per heavy atom. The molecule has 1 unspecified atom stereocenters. The average Bonchev–Trinajstić information content (AvgIpc) is 2.84. The number of carbonyl (C=O) groups excluding carboxylic acids is 1. The Morgan fingerprint density at radius 1 is 1.55 bits per heavy atom. The highest BCUT2D eigenvalue weighted by molar-refractivity contribution is 5.56. The molecule has 114 valence electrons. The molecule has 20 heavy (non-hydrogen) atoms. The number of anilines is 1. The molecule has 7 heteroatoms. The van der Waals surface area contributed by atoms with Crippen molar-refractivity contribution in [3.63, 3.8) is 0 Å². The normalized spacial score (nSPS) is 12.4. The molecule has 3 N–H and O–H groups in total. The van der Waals surface area contributed by atoms with E-state index < -0.39 is 6.04 Å². The minimum atomic E-state index is -0.453. The van der Waals surface area contributed by atoms with Crippen LogP contribution in [0.4, 0.5) is 5.82 Å². The Kier molecular flexibility index (Phi) is 7.21. The van der Waals surface area contributed by atoms with Crippen molar-refractivity contribution in [2.24, 2.45) is 5.73 Å². The summed E-state index contributed by atoms with van der Waals surface area (Å²) in [7, 11) is 3.89. The van der Waals surface area contributed by atoms with Gasteiger partial charge in [0.15, 0.2) is 0 Å². The molecule has 0 fully saturated rings. The molecule has 0 amide bonds. The van der Waals surface area contributed by atoms with Gasteiger partial charge in [0.25, 0.3) is 0 Å². The van der Waals surface area contributed by atoms with Gasteiger partial charge in [-0.3, -0.25) is 0 Å². The van der Waals surface area contributed by atoms with Gasteiger partial charge in [0, 0.05) is 33.1 Å². The first-order chi connectivity index (χ1) is 9.58. The molecular formula is C13H24N4O3. The summed E-state index contributed by atoms with van der Waals surface area (Å²) >= 11 is 0. The highest BCUT2D eigenvalue weighted by atomic mass is 16.5. The van der Waals surface area contributed by atoms with Gasteiger partial charge in [-0.1, -0.05) is 0 Å². The van der Waals surface area contributed by atoms with E-state index in [1.807, 2.05) is 29.7 Å². The summed E-state index contributed by atoms with van der Waals surface area (Å²) < 4.78 is 7.08. The molecule has 0 saturated heterocycles. The number of aryl methyl sites for hydroxylation is 1. The number of aromatic nitrogens is 2. The van der Waals surface area contributed by atoms with E-state index in [1.165, 1.54) is 0 Å². The first kappa shape index (κ1) is 16.6. The Balaban J connectivity index is 2.62. The fraction of sp³-hybridized carbons (Fsp3) is 0.692. The number of rotatable bonds is 10. The fourth-order valence-electron chi connectivity index (χ4n) is 1.79. The van der Waals surface area contributed by atoms with Crippen molar-refractivity contribution in [3.8, 4) is 0 Å². The number of nitrogens with zero attached hydrogens (tertiary/aromatic N) is 3. The number of aldehydes is 1. The van der Waals surface area contributed by atoms with Crippen molar-refractivity contribution in [1.82, 2.24) is 9.78 Å². The standard InChI is InChI=1S/C13H24N4O3/c1-16(2)13-9-12(4-7-20-8-6-18)15-17(13)5-3-11(14)10-19/h9-11,18H,3-8,14H2,1-2H3. The van der Waals surface area contributed by atoms with Gasteiger partial charge in [0.1, 0.15) is 12.1 Å². The molecule has 1 aromatic rings. The quantitative estimate of drug-likeness (QED) is 0.441. The second-order valence-electron chi connectivity index (χ2n) is 4.79. The highest BCUT2D eigenvalue weighted by Crippen LogP contribution is 2.15. The SMILES string of the molecule is CN(C)c1cc(CCOCCO)nn1CCC(N)C=O. The van der Waals surface area contributed by atoms with Crippen molar-refractivity contribution in [2.75, 3.05) is 38.8 Å².